The Morgan fingerprint density at radius 1 is 1.10 bits per heavy atom. The van der Waals surface area contributed by atoms with Gasteiger partial charge in [-0.05, 0) is 30.4 Å². The molecule has 0 radical (unpaired) electrons. The van der Waals surface area contributed by atoms with Crippen LogP contribution >= 0.6 is 0 Å². The van der Waals surface area contributed by atoms with Crippen molar-refractivity contribution in [2.45, 2.75) is 18.8 Å². The largest absolute Gasteiger partial charge is 0.495 e. The molecule has 116 valence electrons. The number of hydrogen-bond acceptors (Lipinski definition) is 5. The third-order valence-corrected chi connectivity index (χ3v) is 4.39. The summed E-state index contributed by atoms with van der Waals surface area (Å²) < 4.78 is 16.4. The predicted molar refractivity (Wildman–Crippen MR) is 83.2 cm³/mol. The molecule has 2 saturated heterocycles. The van der Waals surface area contributed by atoms with Crippen LogP contribution in [0.25, 0.3) is 0 Å². The van der Waals surface area contributed by atoms with Gasteiger partial charge in [-0.2, -0.15) is 0 Å². The number of benzene rings is 1. The second kappa shape index (κ2) is 6.54. The van der Waals surface area contributed by atoms with Gasteiger partial charge in [0.2, 0.25) is 0 Å². The lowest BCUT2D eigenvalue weighted by Gasteiger charge is -2.34. The molecule has 5 nitrogen and oxygen atoms in total. The normalized spacial score (nSPS) is 20.5. The van der Waals surface area contributed by atoms with Crippen molar-refractivity contribution in [1.82, 2.24) is 0 Å². The molecular weight excluding hydrogens is 268 g/mol. The Kier molecular flexibility index (Phi) is 4.51. The Labute approximate surface area is 126 Å². The van der Waals surface area contributed by atoms with E-state index in [0.717, 1.165) is 63.8 Å². The summed E-state index contributed by atoms with van der Waals surface area (Å²) in [5.74, 6) is 1.28. The number of nitrogen functional groups attached to an aromatic ring is 1. The zero-order valence-corrected chi connectivity index (χ0v) is 12.6. The van der Waals surface area contributed by atoms with Crippen molar-refractivity contribution in [3.8, 4) is 5.75 Å². The molecule has 3 rings (SSSR count). The van der Waals surface area contributed by atoms with Crippen LogP contribution < -0.4 is 15.4 Å². The van der Waals surface area contributed by atoms with Crippen LogP contribution in [0.3, 0.4) is 0 Å². The van der Waals surface area contributed by atoms with E-state index >= 15 is 0 Å². The Hall–Kier alpha value is -1.46. The second-order valence-corrected chi connectivity index (χ2v) is 5.64. The number of ether oxygens (including phenoxy) is 3. The molecule has 1 aromatic carbocycles. The number of hydrogen-bond donors (Lipinski definition) is 1. The van der Waals surface area contributed by atoms with Crippen LogP contribution in [0.5, 0.6) is 5.75 Å². The minimum absolute atomic E-state index is 0.518. The van der Waals surface area contributed by atoms with E-state index in [0.29, 0.717) is 5.92 Å². The van der Waals surface area contributed by atoms with Crippen LogP contribution in [-0.4, -0.2) is 46.6 Å². The summed E-state index contributed by atoms with van der Waals surface area (Å²) in [7, 11) is 1.67. The quantitative estimate of drug-likeness (QED) is 0.864. The van der Waals surface area contributed by atoms with E-state index in [-0.39, 0.29) is 0 Å². The summed E-state index contributed by atoms with van der Waals surface area (Å²) in [6.45, 7) is 5.06. The third-order valence-electron chi connectivity index (χ3n) is 4.39. The fraction of sp³-hybridized carbons (Fsp3) is 0.625. The second-order valence-electron chi connectivity index (χ2n) is 5.64. The molecule has 2 N–H and O–H groups in total. The number of nitrogens with two attached hydrogens (primary N) is 1. The summed E-state index contributed by atoms with van der Waals surface area (Å²) in [5, 5.41) is 0. The van der Waals surface area contributed by atoms with Gasteiger partial charge in [-0.3, -0.25) is 0 Å². The average molecular weight is 292 g/mol. The van der Waals surface area contributed by atoms with Crippen molar-refractivity contribution < 1.29 is 14.2 Å². The number of methoxy groups -OCH3 is 1. The molecule has 21 heavy (non-hydrogen) atoms. The smallest absolute Gasteiger partial charge is 0.143 e. The van der Waals surface area contributed by atoms with Crippen molar-refractivity contribution in [2.24, 2.45) is 0 Å². The zero-order chi connectivity index (χ0) is 14.7. The summed E-state index contributed by atoms with van der Waals surface area (Å²) in [6.07, 6.45) is 2.12. The molecule has 0 bridgehead atoms. The van der Waals surface area contributed by atoms with Gasteiger partial charge in [0.25, 0.3) is 0 Å². The molecule has 0 atom stereocenters. The van der Waals surface area contributed by atoms with E-state index in [1.54, 1.807) is 7.11 Å². The Morgan fingerprint density at radius 2 is 1.76 bits per heavy atom. The van der Waals surface area contributed by atoms with Crippen LogP contribution in [0.2, 0.25) is 0 Å². The standard InChI is InChI=1S/C16H24N2O3/c1-19-16-11-15(18-4-8-21-9-5-18)13(10-14(16)17)12-2-6-20-7-3-12/h10-12H,2-9,17H2,1H3. The monoisotopic (exact) mass is 292 g/mol. The van der Waals surface area contributed by atoms with E-state index < -0.39 is 0 Å². The number of rotatable bonds is 3. The van der Waals surface area contributed by atoms with Crippen LogP contribution in [-0.2, 0) is 9.47 Å². The fourth-order valence-electron chi connectivity index (χ4n) is 3.19. The van der Waals surface area contributed by atoms with Gasteiger partial charge in [-0.15, -0.1) is 0 Å². The molecule has 1 aromatic rings. The fourth-order valence-corrected chi connectivity index (χ4v) is 3.19. The highest BCUT2D eigenvalue weighted by atomic mass is 16.5. The molecule has 2 aliphatic heterocycles. The third kappa shape index (κ3) is 3.09. The van der Waals surface area contributed by atoms with Crippen LogP contribution in [0.4, 0.5) is 11.4 Å². The first-order chi connectivity index (χ1) is 10.3. The van der Waals surface area contributed by atoms with E-state index in [1.807, 2.05) is 0 Å². The molecule has 0 spiro atoms. The molecule has 2 fully saturated rings. The maximum atomic E-state index is 6.14. The molecule has 0 aromatic heterocycles. The van der Waals surface area contributed by atoms with Crippen LogP contribution in [0.1, 0.15) is 24.3 Å². The maximum Gasteiger partial charge on any atom is 0.143 e. The van der Waals surface area contributed by atoms with E-state index in [1.165, 1.54) is 11.3 Å². The Balaban J connectivity index is 1.96. The van der Waals surface area contributed by atoms with Crippen LogP contribution in [0, 0.1) is 0 Å². The van der Waals surface area contributed by atoms with Gasteiger partial charge in [0.05, 0.1) is 26.0 Å². The minimum Gasteiger partial charge on any atom is -0.495 e. The predicted octanol–water partition coefficient (Wildman–Crippen LogP) is 2.01. The van der Waals surface area contributed by atoms with Crippen molar-refractivity contribution in [1.29, 1.82) is 0 Å². The lowest BCUT2D eigenvalue weighted by Crippen LogP contribution is -2.37. The summed E-state index contributed by atoms with van der Waals surface area (Å²) in [5.41, 5.74) is 9.43. The van der Waals surface area contributed by atoms with E-state index in [2.05, 4.69) is 17.0 Å². The zero-order valence-electron chi connectivity index (χ0n) is 12.6. The van der Waals surface area contributed by atoms with E-state index in [9.17, 15) is 0 Å². The molecular formula is C16H24N2O3. The highest BCUT2D eigenvalue weighted by Gasteiger charge is 2.24. The molecule has 0 aliphatic carbocycles. The van der Waals surface area contributed by atoms with Crippen molar-refractivity contribution in [3.63, 3.8) is 0 Å². The number of anilines is 2. The van der Waals surface area contributed by atoms with Gasteiger partial charge in [-0.25, -0.2) is 0 Å². The van der Waals surface area contributed by atoms with Crippen molar-refractivity contribution in [3.05, 3.63) is 17.7 Å². The van der Waals surface area contributed by atoms with Gasteiger partial charge in [0.15, 0.2) is 0 Å². The first-order valence-corrected chi connectivity index (χ1v) is 7.67. The molecule has 0 unspecified atom stereocenters. The van der Waals surface area contributed by atoms with Gasteiger partial charge in [0.1, 0.15) is 5.75 Å². The van der Waals surface area contributed by atoms with Gasteiger partial charge in [-0.1, -0.05) is 0 Å². The highest BCUT2D eigenvalue weighted by Crippen LogP contribution is 2.39. The molecule has 5 heteroatoms. The molecule has 2 heterocycles. The van der Waals surface area contributed by atoms with Gasteiger partial charge >= 0.3 is 0 Å². The Morgan fingerprint density at radius 3 is 2.43 bits per heavy atom. The first-order valence-electron chi connectivity index (χ1n) is 7.67. The SMILES string of the molecule is COc1cc(N2CCOCC2)c(C2CCOCC2)cc1N. The minimum atomic E-state index is 0.518. The van der Waals surface area contributed by atoms with Crippen LogP contribution in [0.15, 0.2) is 12.1 Å². The van der Waals surface area contributed by atoms with Crippen molar-refractivity contribution >= 4 is 11.4 Å². The lowest BCUT2D eigenvalue weighted by molar-refractivity contribution is 0.0852. The highest BCUT2D eigenvalue weighted by molar-refractivity contribution is 5.68. The van der Waals surface area contributed by atoms with E-state index in [4.69, 9.17) is 19.9 Å². The maximum absolute atomic E-state index is 6.14. The molecule has 0 amide bonds. The summed E-state index contributed by atoms with van der Waals surface area (Å²) >= 11 is 0. The van der Waals surface area contributed by atoms with Crippen molar-refractivity contribution in [2.75, 3.05) is 57.3 Å². The number of morpholine rings is 1. The number of nitrogens with zero attached hydrogens (tertiary/aromatic N) is 1. The summed E-state index contributed by atoms with van der Waals surface area (Å²) in [4.78, 5) is 2.39. The first kappa shape index (κ1) is 14.5. The lowest BCUT2D eigenvalue weighted by atomic mass is 9.89. The molecule has 2 aliphatic rings. The van der Waals surface area contributed by atoms with Gasteiger partial charge < -0.3 is 24.8 Å². The average Bonchev–Trinajstić information content (AvgIpc) is 2.56. The Bertz CT molecular complexity index is 481. The molecule has 0 saturated carbocycles. The summed E-state index contributed by atoms with van der Waals surface area (Å²) in [6, 6.07) is 4.19. The topological polar surface area (TPSA) is 57.0 Å². The van der Waals surface area contributed by atoms with Gasteiger partial charge in [0, 0.05) is 38.1 Å².